The van der Waals surface area contributed by atoms with E-state index in [0.29, 0.717) is 5.92 Å². The van der Waals surface area contributed by atoms with E-state index in [4.69, 9.17) is 0 Å². The van der Waals surface area contributed by atoms with E-state index in [1.807, 2.05) is 9.80 Å². The molecule has 21 heavy (non-hydrogen) atoms. The molecule has 2 heterocycles. The van der Waals surface area contributed by atoms with E-state index in [0.717, 1.165) is 32.2 Å². The molecule has 0 aromatic heterocycles. The van der Waals surface area contributed by atoms with E-state index in [2.05, 4.69) is 34.6 Å². The van der Waals surface area contributed by atoms with Gasteiger partial charge in [-0.05, 0) is 44.4 Å². The molecular weight excluding hydrogens is 264 g/mol. The van der Waals surface area contributed by atoms with Crippen LogP contribution < -0.4 is 0 Å². The summed E-state index contributed by atoms with van der Waals surface area (Å²) in [5.41, 5.74) is 0. The molecule has 0 saturated carbocycles. The maximum Gasteiger partial charge on any atom is 0.246 e. The molecule has 3 atom stereocenters. The van der Waals surface area contributed by atoms with Crippen LogP contribution in [0.15, 0.2) is 0 Å². The van der Waals surface area contributed by atoms with E-state index in [9.17, 15) is 9.59 Å². The van der Waals surface area contributed by atoms with Crippen LogP contribution in [0.4, 0.5) is 0 Å². The van der Waals surface area contributed by atoms with Crippen molar-refractivity contribution in [3.05, 3.63) is 0 Å². The predicted octanol–water partition coefficient (Wildman–Crippen LogP) is 2.67. The second-order valence-corrected chi connectivity index (χ2v) is 7.44. The first-order valence-electron chi connectivity index (χ1n) is 8.47. The second-order valence-electron chi connectivity index (χ2n) is 7.44. The van der Waals surface area contributed by atoms with Crippen LogP contribution in [0.1, 0.15) is 60.3 Å². The number of hydrogen-bond donors (Lipinski definition) is 0. The highest BCUT2D eigenvalue weighted by Gasteiger charge is 2.49. The summed E-state index contributed by atoms with van der Waals surface area (Å²) in [5, 5.41) is 0. The first kappa shape index (κ1) is 16.3. The van der Waals surface area contributed by atoms with Gasteiger partial charge in [-0.3, -0.25) is 9.59 Å². The molecule has 2 rings (SSSR count). The molecule has 0 bridgehead atoms. The Bertz CT molecular complexity index is 406. The standard InChI is InChI=1S/C17H30N2O2/c1-11(2)8-9-13(5)19-15(12(3)4)17(21)18-10-6-7-14(18)16(19)20/h11-15H,6-10H2,1-5H3. The predicted molar refractivity (Wildman–Crippen MR) is 83.7 cm³/mol. The minimum Gasteiger partial charge on any atom is -0.329 e. The van der Waals surface area contributed by atoms with Crippen molar-refractivity contribution in [2.45, 2.75) is 78.4 Å². The maximum absolute atomic E-state index is 12.9. The van der Waals surface area contributed by atoms with Crippen molar-refractivity contribution >= 4 is 11.8 Å². The first-order valence-corrected chi connectivity index (χ1v) is 8.47. The minimum absolute atomic E-state index is 0.152. The molecule has 4 heteroatoms. The molecule has 0 aliphatic carbocycles. The molecule has 0 radical (unpaired) electrons. The van der Waals surface area contributed by atoms with Gasteiger partial charge in [0.15, 0.2) is 0 Å². The van der Waals surface area contributed by atoms with Gasteiger partial charge in [0.05, 0.1) is 0 Å². The van der Waals surface area contributed by atoms with Crippen molar-refractivity contribution in [2.24, 2.45) is 11.8 Å². The highest BCUT2D eigenvalue weighted by Crippen LogP contribution is 2.32. The van der Waals surface area contributed by atoms with Crippen LogP contribution in [0, 0.1) is 11.8 Å². The topological polar surface area (TPSA) is 40.6 Å². The van der Waals surface area contributed by atoms with Gasteiger partial charge >= 0.3 is 0 Å². The Hall–Kier alpha value is -1.06. The highest BCUT2D eigenvalue weighted by molar-refractivity contribution is 5.97. The van der Waals surface area contributed by atoms with Gasteiger partial charge in [0.1, 0.15) is 12.1 Å². The Morgan fingerprint density at radius 2 is 1.71 bits per heavy atom. The van der Waals surface area contributed by atoms with Crippen LogP contribution in [-0.2, 0) is 9.59 Å². The van der Waals surface area contributed by atoms with Crippen LogP contribution in [0.2, 0.25) is 0 Å². The van der Waals surface area contributed by atoms with Gasteiger partial charge in [-0.25, -0.2) is 0 Å². The summed E-state index contributed by atoms with van der Waals surface area (Å²) in [7, 11) is 0. The molecule has 2 saturated heterocycles. The molecule has 0 aromatic carbocycles. The van der Waals surface area contributed by atoms with Gasteiger partial charge in [-0.15, -0.1) is 0 Å². The quantitative estimate of drug-likeness (QED) is 0.782. The van der Waals surface area contributed by atoms with Crippen LogP contribution >= 0.6 is 0 Å². The minimum atomic E-state index is -0.269. The largest absolute Gasteiger partial charge is 0.329 e. The van der Waals surface area contributed by atoms with E-state index >= 15 is 0 Å². The van der Waals surface area contributed by atoms with Crippen molar-refractivity contribution in [3.8, 4) is 0 Å². The maximum atomic E-state index is 12.9. The molecule has 2 aliphatic heterocycles. The Morgan fingerprint density at radius 1 is 1.05 bits per heavy atom. The molecule has 2 fully saturated rings. The van der Waals surface area contributed by atoms with Crippen LogP contribution in [0.5, 0.6) is 0 Å². The average Bonchev–Trinajstić information content (AvgIpc) is 2.89. The number of piperazine rings is 1. The third kappa shape index (κ3) is 3.09. The van der Waals surface area contributed by atoms with Gasteiger partial charge in [0, 0.05) is 12.6 Å². The normalized spacial score (nSPS) is 27.8. The van der Waals surface area contributed by atoms with Crippen molar-refractivity contribution in [1.82, 2.24) is 9.80 Å². The fourth-order valence-electron chi connectivity index (χ4n) is 3.70. The van der Waals surface area contributed by atoms with E-state index in [-0.39, 0.29) is 35.9 Å². The van der Waals surface area contributed by atoms with E-state index in [1.165, 1.54) is 0 Å². The third-order valence-corrected chi connectivity index (χ3v) is 4.90. The molecule has 0 aromatic rings. The molecule has 0 N–H and O–H groups in total. The van der Waals surface area contributed by atoms with Gasteiger partial charge in [-0.1, -0.05) is 27.7 Å². The molecule has 3 unspecified atom stereocenters. The summed E-state index contributed by atoms with van der Waals surface area (Å²) in [6, 6.07) is -0.304. The first-order chi connectivity index (χ1) is 9.84. The lowest BCUT2D eigenvalue weighted by Gasteiger charge is -2.46. The van der Waals surface area contributed by atoms with Crippen LogP contribution in [0.25, 0.3) is 0 Å². The number of carbonyl (C=O) groups is 2. The Labute approximate surface area is 128 Å². The number of nitrogens with zero attached hydrogens (tertiary/aromatic N) is 2. The summed E-state index contributed by atoms with van der Waals surface area (Å²) in [5.74, 6) is 1.15. The summed E-state index contributed by atoms with van der Waals surface area (Å²) in [6.07, 6.45) is 3.87. The van der Waals surface area contributed by atoms with Crippen LogP contribution in [0.3, 0.4) is 0 Å². The fourth-order valence-corrected chi connectivity index (χ4v) is 3.70. The zero-order chi connectivity index (χ0) is 15.7. The lowest BCUT2D eigenvalue weighted by Crippen LogP contribution is -2.66. The highest BCUT2D eigenvalue weighted by atomic mass is 16.2. The monoisotopic (exact) mass is 294 g/mol. The smallest absolute Gasteiger partial charge is 0.246 e. The number of hydrogen-bond acceptors (Lipinski definition) is 2. The summed E-state index contributed by atoms with van der Waals surface area (Å²) >= 11 is 0. The number of amides is 2. The molecule has 2 amide bonds. The summed E-state index contributed by atoms with van der Waals surface area (Å²) in [4.78, 5) is 29.4. The van der Waals surface area contributed by atoms with E-state index in [1.54, 1.807) is 0 Å². The van der Waals surface area contributed by atoms with Crippen LogP contribution in [-0.4, -0.2) is 46.3 Å². The van der Waals surface area contributed by atoms with Crippen molar-refractivity contribution in [1.29, 1.82) is 0 Å². The summed E-state index contributed by atoms with van der Waals surface area (Å²) in [6.45, 7) is 11.4. The number of rotatable bonds is 5. The number of carbonyl (C=O) groups excluding carboxylic acids is 2. The Kier molecular flexibility index (Phi) is 4.95. The summed E-state index contributed by atoms with van der Waals surface area (Å²) < 4.78 is 0. The van der Waals surface area contributed by atoms with Crippen molar-refractivity contribution in [2.75, 3.05) is 6.54 Å². The van der Waals surface area contributed by atoms with E-state index < -0.39 is 0 Å². The molecular formula is C17H30N2O2. The fraction of sp³-hybridized carbons (Fsp3) is 0.882. The zero-order valence-corrected chi connectivity index (χ0v) is 14.1. The third-order valence-electron chi connectivity index (χ3n) is 4.90. The van der Waals surface area contributed by atoms with Gasteiger partial charge < -0.3 is 9.80 Å². The second kappa shape index (κ2) is 6.37. The molecule has 4 nitrogen and oxygen atoms in total. The lowest BCUT2D eigenvalue weighted by atomic mass is 9.92. The van der Waals surface area contributed by atoms with Gasteiger partial charge in [0.2, 0.25) is 11.8 Å². The van der Waals surface area contributed by atoms with Crippen molar-refractivity contribution in [3.63, 3.8) is 0 Å². The zero-order valence-electron chi connectivity index (χ0n) is 14.1. The lowest BCUT2D eigenvalue weighted by molar-refractivity contribution is -0.164. The number of fused-ring (bicyclic) bond motifs is 1. The van der Waals surface area contributed by atoms with Crippen molar-refractivity contribution < 1.29 is 9.59 Å². The Balaban J connectivity index is 2.22. The average molecular weight is 294 g/mol. The SMILES string of the molecule is CC(C)CCC(C)N1C(=O)C2CCCN2C(=O)C1C(C)C. The molecule has 120 valence electrons. The van der Waals surface area contributed by atoms with Gasteiger partial charge in [-0.2, -0.15) is 0 Å². The molecule has 2 aliphatic rings. The Morgan fingerprint density at radius 3 is 2.29 bits per heavy atom. The van der Waals surface area contributed by atoms with Gasteiger partial charge in [0.25, 0.3) is 0 Å². The molecule has 0 spiro atoms.